The standard InChI is InChI=1S/C19H23NO3/c1-12(21)10-17-18-13(8-9-20(2)19(17)22)4-5-14-11-15(23-3)6-7-16(14)18/h6-7,11,13H,4-5,8-10H2,1-3H3. The number of methoxy groups -OCH3 is 1. The fourth-order valence-corrected chi connectivity index (χ4v) is 3.77. The largest absolute Gasteiger partial charge is 0.497 e. The molecule has 1 heterocycles. The molecule has 3 rings (SSSR count). The summed E-state index contributed by atoms with van der Waals surface area (Å²) in [5, 5.41) is 0. The van der Waals surface area contributed by atoms with Gasteiger partial charge in [-0.3, -0.25) is 9.59 Å². The van der Waals surface area contributed by atoms with Crippen LogP contribution in [0.5, 0.6) is 5.75 Å². The molecule has 0 radical (unpaired) electrons. The summed E-state index contributed by atoms with van der Waals surface area (Å²) < 4.78 is 5.33. The smallest absolute Gasteiger partial charge is 0.250 e. The SMILES string of the molecule is COc1ccc2c(c1)CCC1CCN(C)C(=O)C(CC(C)=O)=C21. The average molecular weight is 313 g/mol. The van der Waals surface area contributed by atoms with E-state index in [2.05, 4.69) is 6.07 Å². The van der Waals surface area contributed by atoms with E-state index in [1.807, 2.05) is 19.2 Å². The van der Waals surface area contributed by atoms with E-state index in [4.69, 9.17) is 4.74 Å². The van der Waals surface area contributed by atoms with Crippen molar-refractivity contribution in [2.45, 2.75) is 32.6 Å². The number of amides is 1. The lowest BCUT2D eigenvalue weighted by molar-refractivity contribution is -0.127. The highest BCUT2D eigenvalue weighted by molar-refractivity contribution is 6.06. The van der Waals surface area contributed by atoms with E-state index in [-0.39, 0.29) is 18.1 Å². The molecule has 1 amide bonds. The molecule has 0 aromatic heterocycles. The molecular weight excluding hydrogens is 290 g/mol. The number of carbonyl (C=O) groups excluding carboxylic acids is 2. The Kier molecular flexibility index (Phi) is 4.24. The number of carbonyl (C=O) groups is 2. The summed E-state index contributed by atoms with van der Waals surface area (Å²) in [7, 11) is 3.49. The van der Waals surface area contributed by atoms with E-state index in [9.17, 15) is 9.59 Å². The lowest BCUT2D eigenvalue weighted by Gasteiger charge is -2.28. The summed E-state index contributed by atoms with van der Waals surface area (Å²) in [6, 6.07) is 6.05. The van der Waals surface area contributed by atoms with Crippen molar-refractivity contribution in [1.82, 2.24) is 4.90 Å². The number of benzene rings is 1. The number of allylic oxidation sites excluding steroid dienone is 1. The van der Waals surface area contributed by atoms with E-state index in [0.29, 0.717) is 11.5 Å². The van der Waals surface area contributed by atoms with Crippen LogP contribution in [0, 0.1) is 5.92 Å². The molecule has 0 N–H and O–H groups in total. The van der Waals surface area contributed by atoms with E-state index in [1.54, 1.807) is 18.9 Å². The van der Waals surface area contributed by atoms with Gasteiger partial charge in [0.25, 0.3) is 0 Å². The fourth-order valence-electron chi connectivity index (χ4n) is 3.77. The van der Waals surface area contributed by atoms with Crippen LogP contribution in [-0.2, 0) is 16.0 Å². The van der Waals surface area contributed by atoms with Crippen molar-refractivity contribution >= 4 is 17.3 Å². The molecular formula is C19H23NO3. The maximum Gasteiger partial charge on any atom is 0.250 e. The van der Waals surface area contributed by atoms with Gasteiger partial charge in [0.05, 0.1) is 7.11 Å². The predicted molar refractivity (Wildman–Crippen MR) is 89.3 cm³/mol. The second kappa shape index (κ2) is 6.19. The number of ketones is 1. The van der Waals surface area contributed by atoms with Crippen molar-refractivity contribution in [2.75, 3.05) is 20.7 Å². The number of fused-ring (bicyclic) bond motifs is 3. The lowest BCUT2D eigenvalue weighted by atomic mass is 9.75. The first-order valence-electron chi connectivity index (χ1n) is 8.16. The molecule has 1 aliphatic carbocycles. The highest BCUT2D eigenvalue weighted by Crippen LogP contribution is 2.43. The zero-order chi connectivity index (χ0) is 16.6. The number of rotatable bonds is 3. The van der Waals surface area contributed by atoms with Crippen molar-refractivity contribution < 1.29 is 14.3 Å². The molecule has 0 saturated carbocycles. The van der Waals surface area contributed by atoms with Gasteiger partial charge in [-0.2, -0.15) is 0 Å². The fraction of sp³-hybridized carbons (Fsp3) is 0.474. The summed E-state index contributed by atoms with van der Waals surface area (Å²) in [6.07, 6.45) is 3.20. The zero-order valence-electron chi connectivity index (χ0n) is 14.0. The molecule has 1 aromatic rings. The molecule has 122 valence electrons. The Balaban J connectivity index is 2.18. The van der Waals surface area contributed by atoms with Crippen molar-refractivity contribution in [3.8, 4) is 5.75 Å². The van der Waals surface area contributed by atoms with E-state index in [1.165, 1.54) is 5.56 Å². The summed E-state index contributed by atoms with van der Waals surface area (Å²) in [6.45, 7) is 2.30. The van der Waals surface area contributed by atoms with Crippen molar-refractivity contribution in [1.29, 1.82) is 0 Å². The van der Waals surface area contributed by atoms with E-state index in [0.717, 1.165) is 42.7 Å². The molecule has 1 aliphatic heterocycles. The molecule has 0 saturated heterocycles. The molecule has 4 nitrogen and oxygen atoms in total. The van der Waals surface area contributed by atoms with Crippen LogP contribution in [0.2, 0.25) is 0 Å². The number of likely N-dealkylation sites (N-methyl/N-ethyl adjacent to an activating group) is 1. The molecule has 23 heavy (non-hydrogen) atoms. The Labute approximate surface area is 137 Å². The Bertz CT molecular complexity index is 690. The monoisotopic (exact) mass is 313 g/mol. The number of hydrogen-bond donors (Lipinski definition) is 0. The maximum absolute atomic E-state index is 12.8. The van der Waals surface area contributed by atoms with Crippen LogP contribution in [0.1, 0.15) is 37.3 Å². The predicted octanol–water partition coefficient (Wildman–Crippen LogP) is 2.85. The minimum atomic E-state index is 0.00127. The van der Waals surface area contributed by atoms with Gasteiger partial charge in [-0.1, -0.05) is 6.07 Å². The topological polar surface area (TPSA) is 46.6 Å². The van der Waals surface area contributed by atoms with Crippen molar-refractivity contribution in [3.05, 3.63) is 34.9 Å². The molecule has 2 aliphatic rings. The Morgan fingerprint density at radius 3 is 2.83 bits per heavy atom. The van der Waals surface area contributed by atoms with Crippen LogP contribution in [-0.4, -0.2) is 37.3 Å². The van der Waals surface area contributed by atoms with Crippen molar-refractivity contribution in [3.63, 3.8) is 0 Å². The van der Waals surface area contributed by atoms with Gasteiger partial charge in [0.1, 0.15) is 11.5 Å². The first-order chi connectivity index (χ1) is 11.0. The first-order valence-corrected chi connectivity index (χ1v) is 8.16. The highest BCUT2D eigenvalue weighted by atomic mass is 16.5. The molecule has 4 heteroatoms. The summed E-state index contributed by atoms with van der Waals surface area (Å²) >= 11 is 0. The van der Waals surface area contributed by atoms with Gasteiger partial charge in [0, 0.05) is 25.6 Å². The number of aryl methyl sites for hydroxylation is 1. The Morgan fingerprint density at radius 2 is 2.13 bits per heavy atom. The van der Waals surface area contributed by atoms with Crippen molar-refractivity contribution in [2.24, 2.45) is 5.92 Å². The van der Waals surface area contributed by atoms with E-state index < -0.39 is 0 Å². The normalized spacial score (nSPS) is 20.7. The number of nitrogens with zero attached hydrogens (tertiary/aromatic N) is 1. The summed E-state index contributed by atoms with van der Waals surface area (Å²) in [5.74, 6) is 1.24. The van der Waals surface area contributed by atoms with Gasteiger partial charge in [-0.25, -0.2) is 0 Å². The lowest BCUT2D eigenvalue weighted by Crippen LogP contribution is -2.28. The molecule has 0 fully saturated rings. The summed E-state index contributed by atoms with van der Waals surface area (Å²) in [5.41, 5.74) is 4.13. The molecule has 0 spiro atoms. The van der Waals surface area contributed by atoms with Gasteiger partial charge in [0.15, 0.2) is 0 Å². The minimum Gasteiger partial charge on any atom is -0.497 e. The van der Waals surface area contributed by atoms with Crippen LogP contribution in [0.4, 0.5) is 0 Å². The number of Topliss-reactive ketones (excluding diaryl/α,β-unsaturated/α-hetero) is 1. The third kappa shape index (κ3) is 2.90. The van der Waals surface area contributed by atoms with Gasteiger partial charge in [-0.05, 0) is 60.9 Å². The van der Waals surface area contributed by atoms with Crippen LogP contribution in [0.3, 0.4) is 0 Å². The third-order valence-corrected chi connectivity index (χ3v) is 4.94. The first kappa shape index (κ1) is 15.8. The molecule has 1 atom stereocenters. The highest BCUT2D eigenvalue weighted by Gasteiger charge is 2.33. The third-order valence-electron chi connectivity index (χ3n) is 4.94. The average Bonchev–Trinajstić information content (AvgIpc) is 2.66. The summed E-state index contributed by atoms with van der Waals surface area (Å²) in [4.78, 5) is 26.3. The second-order valence-corrected chi connectivity index (χ2v) is 6.55. The van der Waals surface area contributed by atoms with Gasteiger partial charge >= 0.3 is 0 Å². The zero-order valence-corrected chi connectivity index (χ0v) is 14.0. The van der Waals surface area contributed by atoms with Gasteiger partial charge in [0.2, 0.25) is 5.91 Å². The van der Waals surface area contributed by atoms with Gasteiger partial charge < -0.3 is 9.64 Å². The van der Waals surface area contributed by atoms with Gasteiger partial charge in [-0.15, -0.1) is 0 Å². The minimum absolute atomic E-state index is 0.00127. The Hall–Kier alpha value is -2.10. The number of ether oxygens (including phenoxy) is 1. The molecule has 1 unspecified atom stereocenters. The maximum atomic E-state index is 12.8. The Morgan fingerprint density at radius 1 is 1.35 bits per heavy atom. The second-order valence-electron chi connectivity index (χ2n) is 6.55. The van der Waals surface area contributed by atoms with Crippen LogP contribution in [0.25, 0.3) is 5.57 Å². The molecule has 0 bridgehead atoms. The molecule has 1 aromatic carbocycles. The number of hydrogen-bond acceptors (Lipinski definition) is 3. The van der Waals surface area contributed by atoms with Crippen LogP contribution in [0.15, 0.2) is 23.8 Å². The quantitative estimate of drug-likeness (QED) is 0.862. The van der Waals surface area contributed by atoms with Crippen LogP contribution >= 0.6 is 0 Å². The van der Waals surface area contributed by atoms with Crippen LogP contribution < -0.4 is 4.74 Å². The van der Waals surface area contributed by atoms with E-state index >= 15 is 0 Å².